The van der Waals surface area contributed by atoms with Gasteiger partial charge in [-0.05, 0) is 54.6 Å². The van der Waals surface area contributed by atoms with Crippen LogP contribution in [0.15, 0.2) is 83.8 Å². The zero-order valence-corrected chi connectivity index (χ0v) is 19.0. The van der Waals surface area contributed by atoms with Crippen LogP contribution in [0.3, 0.4) is 0 Å². The standard InChI is InChI=1S/C24H20ClN3O3S/c1-16(29)26-20-5-3-4-18(14-20)23-15-24(17-6-8-19(25)9-7-17)28(27-23)21-10-12-22(13-11-21)32(2,30)31/h3-15H,1-2H3,(H,26,29). The third-order valence-electron chi connectivity index (χ3n) is 4.84. The van der Waals surface area contributed by atoms with Gasteiger partial charge in [-0.1, -0.05) is 35.9 Å². The van der Waals surface area contributed by atoms with Gasteiger partial charge in [0.1, 0.15) is 0 Å². The Morgan fingerprint density at radius 3 is 2.25 bits per heavy atom. The normalized spacial score (nSPS) is 11.3. The summed E-state index contributed by atoms with van der Waals surface area (Å²) in [5.41, 5.74) is 4.64. The zero-order chi connectivity index (χ0) is 22.9. The van der Waals surface area contributed by atoms with Crippen LogP contribution < -0.4 is 5.32 Å². The Hall–Kier alpha value is -3.42. The minimum absolute atomic E-state index is 0.152. The van der Waals surface area contributed by atoms with Gasteiger partial charge >= 0.3 is 0 Å². The van der Waals surface area contributed by atoms with Crippen molar-refractivity contribution in [2.45, 2.75) is 11.8 Å². The average molecular weight is 466 g/mol. The fourth-order valence-electron chi connectivity index (χ4n) is 3.34. The number of hydrogen-bond acceptors (Lipinski definition) is 4. The van der Waals surface area contributed by atoms with Crippen LogP contribution >= 0.6 is 11.6 Å². The lowest BCUT2D eigenvalue weighted by Crippen LogP contribution is -2.05. The van der Waals surface area contributed by atoms with Crippen LogP contribution in [-0.4, -0.2) is 30.4 Å². The topological polar surface area (TPSA) is 81.1 Å². The number of anilines is 1. The molecule has 0 unspecified atom stereocenters. The molecule has 1 heterocycles. The molecular weight excluding hydrogens is 446 g/mol. The Labute approximate surface area is 191 Å². The number of nitrogens with one attached hydrogen (secondary N) is 1. The average Bonchev–Trinajstić information content (AvgIpc) is 3.19. The second kappa shape index (κ2) is 8.61. The number of nitrogens with zero attached hydrogens (tertiary/aromatic N) is 2. The first-order chi connectivity index (χ1) is 15.2. The fraction of sp³-hybridized carbons (Fsp3) is 0.0833. The summed E-state index contributed by atoms with van der Waals surface area (Å²) in [6.45, 7) is 1.46. The van der Waals surface area contributed by atoms with Crippen LogP contribution in [0.25, 0.3) is 28.2 Å². The molecule has 0 spiro atoms. The van der Waals surface area contributed by atoms with Gasteiger partial charge in [0.05, 0.1) is 22.0 Å². The molecule has 0 aliphatic rings. The van der Waals surface area contributed by atoms with Crippen LogP contribution in [0, 0.1) is 0 Å². The lowest BCUT2D eigenvalue weighted by atomic mass is 10.1. The van der Waals surface area contributed by atoms with E-state index in [1.165, 1.54) is 13.2 Å². The first-order valence-electron chi connectivity index (χ1n) is 9.75. The van der Waals surface area contributed by atoms with E-state index in [2.05, 4.69) is 5.32 Å². The number of halogens is 1. The van der Waals surface area contributed by atoms with Gasteiger partial charge in [-0.15, -0.1) is 0 Å². The first-order valence-corrected chi connectivity index (χ1v) is 12.0. The predicted molar refractivity (Wildman–Crippen MR) is 127 cm³/mol. The van der Waals surface area contributed by atoms with Crippen LogP contribution in [0.5, 0.6) is 0 Å². The highest BCUT2D eigenvalue weighted by Gasteiger charge is 2.15. The summed E-state index contributed by atoms with van der Waals surface area (Å²) in [7, 11) is -3.30. The Bertz CT molecular complexity index is 1390. The summed E-state index contributed by atoms with van der Waals surface area (Å²) in [5.74, 6) is -0.152. The number of hydrogen-bond donors (Lipinski definition) is 1. The van der Waals surface area contributed by atoms with Crippen LogP contribution in [0.2, 0.25) is 5.02 Å². The Morgan fingerprint density at radius 1 is 0.938 bits per heavy atom. The van der Waals surface area contributed by atoms with E-state index in [-0.39, 0.29) is 10.8 Å². The SMILES string of the molecule is CC(=O)Nc1cccc(-c2cc(-c3ccc(Cl)cc3)n(-c3ccc(S(C)(=O)=O)cc3)n2)c1. The van der Waals surface area contributed by atoms with Gasteiger partial charge in [-0.2, -0.15) is 5.10 Å². The van der Waals surface area contributed by atoms with E-state index in [0.717, 1.165) is 16.8 Å². The quantitative estimate of drug-likeness (QED) is 0.438. The van der Waals surface area contributed by atoms with Gasteiger partial charge in [0, 0.05) is 35.0 Å². The summed E-state index contributed by atoms with van der Waals surface area (Å²) in [4.78, 5) is 11.7. The number of sulfone groups is 1. The van der Waals surface area contributed by atoms with Crippen molar-refractivity contribution in [3.63, 3.8) is 0 Å². The monoisotopic (exact) mass is 465 g/mol. The van der Waals surface area contributed by atoms with Gasteiger partial charge in [-0.3, -0.25) is 4.79 Å². The van der Waals surface area contributed by atoms with E-state index in [1.807, 2.05) is 42.5 Å². The van der Waals surface area contributed by atoms with Gasteiger partial charge in [-0.25, -0.2) is 13.1 Å². The van der Waals surface area contributed by atoms with Crippen LogP contribution in [0.1, 0.15) is 6.92 Å². The van der Waals surface area contributed by atoms with Gasteiger partial charge in [0.25, 0.3) is 0 Å². The minimum atomic E-state index is -3.30. The molecule has 0 aliphatic heterocycles. The number of benzene rings is 3. The van der Waals surface area contributed by atoms with Gasteiger partial charge in [0.15, 0.2) is 9.84 Å². The number of carbonyl (C=O) groups excluding carboxylic acids is 1. The zero-order valence-electron chi connectivity index (χ0n) is 17.4. The van der Waals surface area contributed by atoms with Gasteiger partial charge < -0.3 is 5.32 Å². The first kappa shape index (κ1) is 21.8. The molecule has 0 aliphatic carbocycles. The summed E-state index contributed by atoms with van der Waals surface area (Å²) in [5, 5.41) is 8.19. The molecule has 0 radical (unpaired) electrons. The predicted octanol–water partition coefficient (Wildman–Crippen LogP) is 5.22. The van der Waals surface area contributed by atoms with E-state index < -0.39 is 9.84 Å². The third kappa shape index (κ3) is 4.74. The summed E-state index contributed by atoms with van der Waals surface area (Å²) >= 11 is 6.06. The third-order valence-corrected chi connectivity index (χ3v) is 6.22. The Balaban J connectivity index is 1.84. The van der Waals surface area contributed by atoms with Crippen molar-refractivity contribution in [1.82, 2.24) is 9.78 Å². The maximum absolute atomic E-state index is 11.8. The summed E-state index contributed by atoms with van der Waals surface area (Å²) in [6.07, 6.45) is 1.18. The molecule has 162 valence electrons. The van der Waals surface area contributed by atoms with Crippen molar-refractivity contribution in [2.75, 3.05) is 11.6 Å². The summed E-state index contributed by atoms with van der Waals surface area (Å²) < 4.78 is 25.4. The highest BCUT2D eigenvalue weighted by Crippen LogP contribution is 2.31. The molecule has 8 heteroatoms. The van der Waals surface area contributed by atoms with Gasteiger partial charge in [0.2, 0.25) is 5.91 Å². The molecular formula is C24H20ClN3O3S. The molecule has 32 heavy (non-hydrogen) atoms. The lowest BCUT2D eigenvalue weighted by Gasteiger charge is -2.08. The molecule has 1 N–H and O–H groups in total. The van der Waals surface area contributed by atoms with Crippen molar-refractivity contribution in [3.05, 3.63) is 83.9 Å². The summed E-state index contributed by atoms with van der Waals surface area (Å²) in [6, 6.07) is 23.4. The molecule has 1 aromatic heterocycles. The van der Waals surface area contributed by atoms with E-state index in [4.69, 9.17) is 16.7 Å². The maximum atomic E-state index is 11.8. The highest BCUT2D eigenvalue weighted by molar-refractivity contribution is 7.90. The minimum Gasteiger partial charge on any atom is -0.326 e. The largest absolute Gasteiger partial charge is 0.326 e. The van der Waals surface area contributed by atoms with E-state index >= 15 is 0 Å². The number of aromatic nitrogens is 2. The Morgan fingerprint density at radius 2 is 1.62 bits per heavy atom. The van der Waals surface area contributed by atoms with Crippen LogP contribution in [-0.2, 0) is 14.6 Å². The molecule has 1 amide bonds. The van der Waals surface area contributed by atoms with Crippen molar-refractivity contribution in [3.8, 4) is 28.2 Å². The molecule has 4 aromatic rings. The molecule has 0 atom stereocenters. The number of rotatable bonds is 5. The maximum Gasteiger partial charge on any atom is 0.221 e. The smallest absolute Gasteiger partial charge is 0.221 e. The number of carbonyl (C=O) groups is 1. The fourth-order valence-corrected chi connectivity index (χ4v) is 4.10. The molecule has 0 saturated heterocycles. The molecule has 0 fully saturated rings. The van der Waals surface area contributed by atoms with E-state index in [1.54, 1.807) is 41.1 Å². The van der Waals surface area contributed by atoms with E-state index in [9.17, 15) is 13.2 Å². The van der Waals surface area contributed by atoms with Crippen molar-refractivity contribution in [2.24, 2.45) is 0 Å². The molecule has 0 saturated carbocycles. The molecule has 6 nitrogen and oxygen atoms in total. The second-order valence-corrected chi connectivity index (χ2v) is 9.81. The molecule has 4 rings (SSSR count). The molecule has 3 aromatic carbocycles. The van der Waals surface area contributed by atoms with Crippen molar-refractivity contribution in [1.29, 1.82) is 0 Å². The van der Waals surface area contributed by atoms with E-state index in [0.29, 0.717) is 22.1 Å². The molecule has 0 bridgehead atoms. The van der Waals surface area contributed by atoms with Crippen LogP contribution in [0.4, 0.5) is 5.69 Å². The van der Waals surface area contributed by atoms with Crippen molar-refractivity contribution < 1.29 is 13.2 Å². The lowest BCUT2D eigenvalue weighted by molar-refractivity contribution is -0.114. The Kier molecular flexibility index (Phi) is 5.86. The highest BCUT2D eigenvalue weighted by atomic mass is 35.5. The second-order valence-electron chi connectivity index (χ2n) is 7.36. The number of amides is 1. The van der Waals surface area contributed by atoms with Crippen molar-refractivity contribution >= 4 is 33.0 Å².